The van der Waals surface area contributed by atoms with Gasteiger partial charge in [0.1, 0.15) is 0 Å². The number of benzene rings is 3. The third-order valence-electron chi connectivity index (χ3n) is 4.53. The van der Waals surface area contributed by atoms with Crippen LogP contribution in [0.5, 0.6) is 5.75 Å². The number of hydrogen-bond acceptors (Lipinski definition) is 5. The molecule has 5 nitrogen and oxygen atoms in total. The van der Waals surface area contributed by atoms with E-state index in [1.807, 2.05) is 19.1 Å². The van der Waals surface area contributed by atoms with Crippen molar-refractivity contribution in [2.24, 2.45) is 4.99 Å². The number of carbonyl (C=O) groups is 2. The van der Waals surface area contributed by atoms with Crippen LogP contribution in [0.15, 0.2) is 80.3 Å². The zero-order chi connectivity index (χ0) is 22.8. The van der Waals surface area contributed by atoms with E-state index in [1.165, 1.54) is 0 Å². The van der Waals surface area contributed by atoms with E-state index >= 15 is 0 Å². The van der Waals surface area contributed by atoms with Gasteiger partial charge in [0.05, 0.1) is 25.1 Å². The van der Waals surface area contributed by atoms with Crippen LogP contribution in [-0.2, 0) is 9.53 Å². The Hall–Kier alpha value is -2.74. The van der Waals surface area contributed by atoms with Crippen LogP contribution in [0.1, 0.15) is 27.0 Å². The SMILES string of the molecule is Cc1ccc(C(=O)Oc2c(Br)cc(/C=C3\N=C(c4ccccc4Cl)OC3=O)cc2Br)cc1. The maximum absolute atomic E-state index is 12.5. The van der Waals surface area contributed by atoms with Gasteiger partial charge >= 0.3 is 11.9 Å². The molecule has 0 fully saturated rings. The fraction of sp³-hybridized carbons (Fsp3) is 0.0417. The molecule has 3 aromatic rings. The van der Waals surface area contributed by atoms with Gasteiger partial charge in [0.15, 0.2) is 11.4 Å². The van der Waals surface area contributed by atoms with Crippen molar-refractivity contribution in [1.29, 1.82) is 0 Å². The molecule has 0 radical (unpaired) electrons. The van der Waals surface area contributed by atoms with Crippen molar-refractivity contribution in [3.8, 4) is 5.75 Å². The van der Waals surface area contributed by atoms with Crippen molar-refractivity contribution in [3.05, 3.63) is 103 Å². The predicted molar refractivity (Wildman–Crippen MR) is 130 cm³/mol. The minimum Gasteiger partial charge on any atom is -0.421 e. The minimum absolute atomic E-state index is 0.128. The van der Waals surface area contributed by atoms with Crippen LogP contribution in [0.3, 0.4) is 0 Å². The van der Waals surface area contributed by atoms with Crippen molar-refractivity contribution in [2.45, 2.75) is 6.92 Å². The van der Waals surface area contributed by atoms with Gasteiger partial charge in [-0.25, -0.2) is 14.6 Å². The first kappa shape index (κ1) is 22.5. The molecule has 0 bridgehead atoms. The first-order valence-electron chi connectivity index (χ1n) is 9.37. The molecule has 4 rings (SSSR count). The Bertz CT molecular complexity index is 1280. The molecule has 1 aliphatic heterocycles. The van der Waals surface area contributed by atoms with Crippen LogP contribution in [0, 0.1) is 6.92 Å². The highest BCUT2D eigenvalue weighted by Gasteiger charge is 2.25. The Balaban J connectivity index is 1.60. The zero-order valence-corrected chi connectivity index (χ0v) is 20.5. The van der Waals surface area contributed by atoms with Crippen LogP contribution >= 0.6 is 43.5 Å². The molecule has 0 saturated carbocycles. The van der Waals surface area contributed by atoms with Crippen LogP contribution < -0.4 is 4.74 Å². The smallest absolute Gasteiger partial charge is 0.363 e. The number of carbonyl (C=O) groups excluding carboxylic acids is 2. The first-order chi connectivity index (χ1) is 15.3. The highest BCUT2D eigenvalue weighted by atomic mass is 79.9. The van der Waals surface area contributed by atoms with Crippen molar-refractivity contribution in [1.82, 2.24) is 0 Å². The van der Waals surface area contributed by atoms with Crippen LogP contribution in [0.25, 0.3) is 6.08 Å². The van der Waals surface area contributed by atoms with Gasteiger partial charge in [0.25, 0.3) is 0 Å². The standard InChI is InChI=1S/C24H14Br2ClNO4/c1-13-6-8-15(9-7-13)23(29)31-21-17(25)10-14(11-18(21)26)12-20-24(30)32-22(28-20)16-4-2-3-5-19(16)27/h2-12H,1H3/b20-12-. The molecule has 32 heavy (non-hydrogen) atoms. The Morgan fingerprint density at radius 3 is 2.38 bits per heavy atom. The van der Waals surface area contributed by atoms with Crippen molar-refractivity contribution in [3.63, 3.8) is 0 Å². The van der Waals surface area contributed by atoms with E-state index in [-0.39, 0.29) is 11.6 Å². The van der Waals surface area contributed by atoms with Gasteiger partial charge in [-0.3, -0.25) is 0 Å². The van der Waals surface area contributed by atoms with Crippen LogP contribution in [-0.4, -0.2) is 17.8 Å². The molecule has 1 aliphatic rings. The number of aliphatic imine (C=N–C) groups is 1. The first-order valence-corrected chi connectivity index (χ1v) is 11.3. The molecule has 0 aromatic heterocycles. The molecular formula is C24H14Br2ClNO4. The van der Waals surface area contributed by atoms with Crippen molar-refractivity contribution >= 4 is 67.4 Å². The molecule has 0 amide bonds. The fourth-order valence-electron chi connectivity index (χ4n) is 2.92. The van der Waals surface area contributed by atoms with Gasteiger partial charge < -0.3 is 9.47 Å². The molecular weight excluding hydrogens is 562 g/mol. The molecule has 0 saturated heterocycles. The maximum atomic E-state index is 12.5. The summed E-state index contributed by atoms with van der Waals surface area (Å²) in [7, 11) is 0. The molecule has 1 heterocycles. The predicted octanol–water partition coefficient (Wildman–Crippen LogP) is 6.74. The summed E-state index contributed by atoms with van der Waals surface area (Å²) in [6.45, 7) is 1.94. The molecule has 0 atom stereocenters. The average Bonchev–Trinajstić information content (AvgIpc) is 3.11. The van der Waals surface area contributed by atoms with Gasteiger partial charge in [-0.1, -0.05) is 41.4 Å². The lowest BCUT2D eigenvalue weighted by atomic mass is 10.1. The number of aryl methyl sites for hydroxylation is 1. The summed E-state index contributed by atoms with van der Waals surface area (Å²) in [5.41, 5.74) is 2.80. The molecule has 0 aliphatic carbocycles. The minimum atomic E-state index is -0.581. The summed E-state index contributed by atoms with van der Waals surface area (Å²) >= 11 is 13.0. The summed E-state index contributed by atoms with van der Waals surface area (Å²) in [6, 6.07) is 17.5. The summed E-state index contributed by atoms with van der Waals surface area (Å²) in [5.74, 6) is -0.589. The number of rotatable bonds is 4. The number of ether oxygens (including phenoxy) is 2. The van der Waals surface area contributed by atoms with Gasteiger partial charge in [-0.2, -0.15) is 0 Å². The van der Waals surface area contributed by atoms with Crippen LogP contribution in [0.4, 0.5) is 0 Å². The molecule has 3 aromatic carbocycles. The van der Waals surface area contributed by atoms with Gasteiger partial charge in [-0.15, -0.1) is 0 Å². The summed E-state index contributed by atoms with van der Waals surface area (Å²) < 4.78 is 11.9. The quantitative estimate of drug-likeness (QED) is 0.196. The molecule has 0 unspecified atom stereocenters. The lowest BCUT2D eigenvalue weighted by Crippen LogP contribution is -2.09. The topological polar surface area (TPSA) is 65.0 Å². The number of cyclic esters (lactones) is 1. The second-order valence-corrected chi connectivity index (χ2v) is 9.00. The van der Waals surface area contributed by atoms with E-state index in [4.69, 9.17) is 21.1 Å². The summed E-state index contributed by atoms with van der Waals surface area (Å²) in [4.78, 5) is 29.0. The van der Waals surface area contributed by atoms with Crippen LogP contribution in [0.2, 0.25) is 5.02 Å². The van der Waals surface area contributed by atoms with Crippen molar-refractivity contribution < 1.29 is 19.1 Å². The van der Waals surface area contributed by atoms with E-state index in [9.17, 15) is 9.59 Å². The van der Waals surface area contributed by atoms with Crippen molar-refractivity contribution in [2.75, 3.05) is 0 Å². The molecule has 8 heteroatoms. The third-order valence-corrected chi connectivity index (χ3v) is 6.04. The van der Waals surface area contributed by atoms with E-state index in [2.05, 4.69) is 36.9 Å². The normalized spacial score (nSPS) is 14.3. The van der Waals surface area contributed by atoms with E-state index < -0.39 is 11.9 Å². The summed E-state index contributed by atoms with van der Waals surface area (Å²) in [6.07, 6.45) is 1.58. The second kappa shape index (κ2) is 9.40. The third kappa shape index (κ3) is 4.85. The monoisotopic (exact) mass is 573 g/mol. The lowest BCUT2D eigenvalue weighted by molar-refractivity contribution is -0.129. The van der Waals surface area contributed by atoms with E-state index in [0.717, 1.165) is 5.56 Å². The maximum Gasteiger partial charge on any atom is 0.363 e. The van der Waals surface area contributed by atoms with Gasteiger partial charge in [0, 0.05) is 0 Å². The number of hydrogen-bond donors (Lipinski definition) is 0. The fourth-order valence-corrected chi connectivity index (χ4v) is 4.52. The highest BCUT2D eigenvalue weighted by Crippen LogP contribution is 2.36. The Labute approximate surface area is 206 Å². The Kier molecular flexibility index (Phi) is 6.60. The Morgan fingerprint density at radius 1 is 1.06 bits per heavy atom. The average molecular weight is 576 g/mol. The van der Waals surface area contributed by atoms with E-state index in [0.29, 0.717) is 36.4 Å². The van der Waals surface area contributed by atoms with Gasteiger partial charge in [0.2, 0.25) is 5.90 Å². The number of halogens is 3. The lowest BCUT2D eigenvalue weighted by Gasteiger charge is -2.10. The molecule has 160 valence electrons. The highest BCUT2D eigenvalue weighted by molar-refractivity contribution is 9.11. The second-order valence-electron chi connectivity index (χ2n) is 6.89. The molecule has 0 spiro atoms. The van der Waals surface area contributed by atoms with Gasteiger partial charge in [-0.05, 0) is 86.8 Å². The molecule has 0 N–H and O–H groups in total. The largest absolute Gasteiger partial charge is 0.421 e. The summed E-state index contributed by atoms with van der Waals surface area (Å²) in [5, 5.41) is 0.436. The zero-order valence-electron chi connectivity index (χ0n) is 16.6. The van der Waals surface area contributed by atoms with E-state index in [1.54, 1.807) is 54.6 Å². The Morgan fingerprint density at radius 2 is 1.72 bits per heavy atom. The number of esters is 2. The number of nitrogens with zero attached hydrogens (tertiary/aromatic N) is 1.